The SMILES string of the molecule is Nc1cccc(OCCNS(=O)(=O)c2ccc(Br)cc2)c1. The highest BCUT2D eigenvalue weighted by atomic mass is 79.9. The van der Waals surface area contributed by atoms with Gasteiger partial charge in [0.2, 0.25) is 10.0 Å². The highest BCUT2D eigenvalue weighted by Gasteiger charge is 2.12. The van der Waals surface area contributed by atoms with Gasteiger partial charge in [0.1, 0.15) is 12.4 Å². The van der Waals surface area contributed by atoms with Gasteiger partial charge in [-0.2, -0.15) is 0 Å². The molecule has 0 aliphatic carbocycles. The van der Waals surface area contributed by atoms with Gasteiger partial charge in [0.05, 0.1) is 4.90 Å². The van der Waals surface area contributed by atoms with Gasteiger partial charge < -0.3 is 10.5 Å². The van der Waals surface area contributed by atoms with Crippen molar-refractivity contribution < 1.29 is 13.2 Å². The van der Waals surface area contributed by atoms with E-state index in [9.17, 15) is 8.42 Å². The molecule has 0 fully saturated rings. The number of anilines is 1. The third kappa shape index (κ3) is 4.73. The van der Waals surface area contributed by atoms with Crippen LogP contribution in [-0.2, 0) is 10.0 Å². The average molecular weight is 371 g/mol. The van der Waals surface area contributed by atoms with E-state index in [1.54, 1.807) is 36.4 Å². The lowest BCUT2D eigenvalue weighted by atomic mass is 10.3. The Labute approximate surface area is 132 Å². The van der Waals surface area contributed by atoms with E-state index in [-0.39, 0.29) is 18.0 Å². The first-order valence-electron chi connectivity index (χ1n) is 6.21. The molecule has 0 amide bonds. The second-order valence-electron chi connectivity index (χ2n) is 4.27. The summed E-state index contributed by atoms with van der Waals surface area (Å²) in [7, 11) is -3.52. The van der Waals surface area contributed by atoms with Crippen LogP contribution in [-0.4, -0.2) is 21.6 Å². The van der Waals surface area contributed by atoms with Crippen molar-refractivity contribution in [3.8, 4) is 5.75 Å². The van der Waals surface area contributed by atoms with Crippen molar-refractivity contribution in [3.63, 3.8) is 0 Å². The number of hydrogen-bond acceptors (Lipinski definition) is 4. The minimum atomic E-state index is -3.52. The molecule has 0 unspecified atom stereocenters. The number of hydrogen-bond donors (Lipinski definition) is 2. The number of ether oxygens (including phenoxy) is 1. The molecular formula is C14H15BrN2O3S. The summed E-state index contributed by atoms with van der Waals surface area (Å²) in [5, 5.41) is 0. The van der Waals surface area contributed by atoms with Crippen LogP contribution >= 0.6 is 15.9 Å². The first-order chi connectivity index (χ1) is 9.97. The maximum absolute atomic E-state index is 12.0. The Balaban J connectivity index is 1.86. The van der Waals surface area contributed by atoms with Gasteiger partial charge in [-0.1, -0.05) is 22.0 Å². The summed E-state index contributed by atoms with van der Waals surface area (Å²) in [5.74, 6) is 0.609. The van der Waals surface area contributed by atoms with Crippen molar-refractivity contribution in [2.75, 3.05) is 18.9 Å². The quantitative estimate of drug-likeness (QED) is 0.604. The Morgan fingerprint density at radius 1 is 1.14 bits per heavy atom. The average Bonchev–Trinajstić information content (AvgIpc) is 2.44. The van der Waals surface area contributed by atoms with E-state index in [1.807, 2.05) is 0 Å². The monoisotopic (exact) mass is 370 g/mol. The third-order valence-corrected chi connectivity index (χ3v) is 4.65. The number of nitrogens with two attached hydrogens (primary N) is 1. The van der Waals surface area contributed by atoms with Crippen LogP contribution < -0.4 is 15.2 Å². The minimum Gasteiger partial charge on any atom is -0.492 e. The molecule has 0 atom stereocenters. The second-order valence-corrected chi connectivity index (χ2v) is 6.96. The molecule has 21 heavy (non-hydrogen) atoms. The van der Waals surface area contributed by atoms with Crippen molar-refractivity contribution in [2.24, 2.45) is 0 Å². The Morgan fingerprint density at radius 3 is 2.52 bits per heavy atom. The van der Waals surface area contributed by atoms with E-state index >= 15 is 0 Å². The lowest BCUT2D eigenvalue weighted by Crippen LogP contribution is -2.28. The molecule has 2 rings (SSSR count). The number of nitrogens with one attached hydrogen (secondary N) is 1. The predicted octanol–water partition coefficient (Wildman–Crippen LogP) is 2.39. The van der Waals surface area contributed by atoms with E-state index in [0.29, 0.717) is 11.4 Å². The van der Waals surface area contributed by atoms with E-state index in [2.05, 4.69) is 20.7 Å². The largest absolute Gasteiger partial charge is 0.492 e. The maximum atomic E-state index is 12.0. The number of benzene rings is 2. The van der Waals surface area contributed by atoms with Gasteiger partial charge in [0, 0.05) is 22.8 Å². The molecule has 2 aromatic rings. The molecule has 0 aliphatic rings. The molecule has 0 saturated carbocycles. The van der Waals surface area contributed by atoms with Crippen molar-refractivity contribution >= 4 is 31.6 Å². The van der Waals surface area contributed by atoms with E-state index in [1.165, 1.54) is 12.1 Å². The molecule has 0 bridgehead atoms. The number of halogens is 1. The van der Waals surface area contributed by atoms with Crippen LogP contribution in [0.2, 0.25) is 0 Å². The Hall–Kier alpha value is -1.57. The van der Waals surface area contributed by atoms with Crippen molar-refractivity contribution in [3.05, 3.63) is 53.0 Å². The number of nitrogen functional groups attached to an aromatic ring is 1. The molecule has 0 aliphatic heterocycles. The van der Waals surface area contributed by atoms with Gasteiger partial charge in [-0.05, 0) is 36.4 Å². The Kier molecular flexibility index (Phi) is 5.22. The van der Waals surface area contributed by atoms with Crippen LogP contribution in [0.3, 0.4) is 0 Å². The smallest absolute Gasteiger partial charge is 0.240 e. The van der Waals surface area contributed by atoms with Crippen LogP contribution in [0.15, 0.2) is 57.9 Å². The van der Waals surface area contributed by atoms with Crippen LogP contribution in [0, 0.1) is 0 Å². The summed E-state index contributed by atoms with van der Waals surface area (Å²) in [6.45, 7) is 0.395. The minimum absolute atomic E-state index is 0.174. The fraction of sp³-hybridized carbons (Fsp3) is 0.143. The maximum Gasteiger partial charge on any atom is 0.240 e. The van der Waals surface area contributed by atoms with Crippen LogP contribution in [0.4, 0.5) is 5.69 Å². The van der Waals surface area contributed by atoms with E-state index in [0.717, 1.165) is 4.47 Å². The summed E-state index contributed by atoms with van der Waals surface area (Å²) in [5.41, 5.74) is 6.22. The van der Waals surface area contributed by atoms with E-state index in [4.69, 9.17) is 10.5 Å². The van der Waals surface area contributed by atoms with Gasteiger partial charge in [-0.3, -0.25) is 0 Å². The van der Waals surface area contributed by atoms with Crippen molar-refractivity contribution in [1.82, 2.24) is 4.72 Å². The Bertz CT molecular complexity index is 702. The summed E-state index contributed by atoms with van der Waals surface area (Å²) < 4.78 is 32.7. The zero-order valence-electron chi connectivity index (χ0n) is 11.1. The summed E-state index contributed by atoms with van der Waals surface area (Å²) in [6.07, 6.45) is 0. The van der Waals surface area contributed by atoms with Crippen molar-refractivity contribution in [1.29, 1.82) is 0 Å². The topological polar surface area (TPSA) is 81.4 Å². The van der Waals surface area contributed by atoms with Gasteiger partial charge in [0.15, 0.2) is 0 Å². The summed E-state index contributed by atoms with van der Waals surface area (Å²) in [6, 6.07) is 13.4. The first kappa shape index (κ1) is 15.8. The zero-order chi connectivity index (χ0) is 15.3. The predicted molar refractivity (Wildman–Crippen MR) is 85.7 cm³/mol. The molecule has 0 heterocycles. The third-order valence-electron chi connectivity index (χ3n) is 2.64. The normalized spacial score (nSPS) is 11.3. The van der Waals surface area contributed by atoms with Crippen molar-refractivity contribution in [2.45, 2.75) is 4.90 Å². The number of rotatable bonds is 6. The fourth-order valence-electron chi connectivity index (χ4n) is 1.65. The van der Waals surface area contributed by atoms with Gasteiger partial charge in [-0.15, -0.1) is 0 Å². The van der Waals surface area contributed by atoms with Crippen LogP contribution in [0.1, 0.15) is 0 Å². The zero-order valence-corrected chi connectivity index (χ0v) is 13.5. The molecular weight excluding hydrogens is 356 g/mol. The molecule has 5 nitrogen and oxygen atoms in total. The first-order valence-corrected chi connectivity index (χ1v) is 8.48. The van der Waals surface area contributed by atoms with Crippen LogP contribution in [0.25, 0.3) is 0 Å². The molecule has 3 N–H and O–H groups in total. The van der Waals surface area contributed by atoms with Gasteiger partial charge >= 0.3 is 0 Å². The summed E-state index contributed by atoms with van der Waals surface area (Å²) in [4.78, 5) is 0.217. The highest BCUT2D eigenvalue weighted by Crippen LogP contribution is 2.15. The lowest BCUT2D eigenvalue weighted by molar-refractivity contribution is 0.323. The second kappa shape index (κ2) is 6.93. The lowest BCUT2D eigenvalue weighted by Gasteiger charge is -2.09. The molecule has 0 radical (unpaired) electrons. The molecule has 0 aromatic heterocycles. The highest BCUT2D eigenvalue weighted by molar-refractivity contribution is 9.10. The van der Waals surface area contributed by atoms with Crippen LogP contribution in [0.5, 0.6) is 5.75 Å². The Morgan fingerprint density at radius 2 is 1.86 bits per heavy atom. The molecule has 112 valence electrons. The van der Waals surface area contributed by atoms with Gasteiger partial charge in [0.25, 0.3) is 0 Å². The molecule has 2 aromatic carbocycles. The van der Waals surface area contributed by atoms with Gasteiger partial charge in [-0.25, -0.2) is 13.1 Å². The summed E-state index contributed by atoms with van der Waals surface area (Å²) >= 11 is 3.26. The number of sulfonamides is 1. The molecule has 0 spiro atoms. The standard InChI is InChI=1S/C14H15BrN2O3S/c15-11-4-6-14(7-5-11)21(18,19)17-8-9-20-13-3-1-2-12(16)10-13/h1-7,10,17H,8-9,16H2. The molecule has 0 saturated heterocycles. The van der Waals surface area contributed by atoms with E-state index < -0.39 is 10.0 Å². The molecule has 7 heteroatoms. The fourth-order valence-corrected chi connectivity index (χ4v) is 2.92.